The SMILES string of the molecule is CC(C)[C@@H](C)NS(=O)(=O)c1ccc2c(Cl)cnc(Cl)c2c1. The van der Waals surface area contributed by atoms with E-state index < -0.39 is 10.0 Å². The Kier molecular flexibility index (Phi) is 4.78. The zero-order valence-electron chi connectivity index (χ0n) is 11.9. The maximum Gasteiger partial charge on any atom is 0.240 e. The molecule has 1 N–H and O–H groups in total. The minimum Gasteiger partial charge on any atom is -0.242 e. The standard InChI is InChI=1S/C14H16Cl2N2O2S/c1-8(2)9(3)18-21(19,20)10-4-5-11-12(6-10)14(16)17-7-13(11)15/h4-9,18H,1-3H3/t9-/m1/s1. The lowest BCUT2D eigenvalue weighted by molar-refractivity contribution is 0.476. The van der Waals surface area contributed by atoms with Gasteiger partial charge in [-0.3, -0.25) is 0 Å². The maximum absolute atomic E-state index is 12.4. The van der Waals surface area contributed by atoms with E-state index in [-0.39, 0.29) is 22.0 Å². The van der Waals surface area contributed by atoms with Gasteiger partial charge in [0, 0.05) is 23.0 Å². The van der Waals surface area contributed by atoms with Gasteiger partial charge in [-0.2, -0.15) is 0 Å². The van der Waals surface area contributed by atoms with E-state index in [9.17, 15) is 8.42 Å². The third-order valence-corrected chi connectivity index (χ3v) is 5.57. The van der Waals surface area contributed by atoms with Crippen LogP contribution in [0.1, 0.15) is 20.8 Å². The number of aromatic nitrogens is 1. The molecule has 0 spiro atoms. The fourth-order valence-electron chi connectivity index (χ4n) is 1.77. The van der Waals surface area contributed by atoms with Crippen LogP contribution in [-0.4, -0.2) is 19.4 Å². The van der Waals surface area contributed by atoms with Crippen LogP contribution in [0.4, 0.5) is 0 Å². The van der Waals surface area contributed by atoms with E-state index in [1.165, 1.54) is 18.3 Å². The number of sulfonamides is 1. The van der Waals surface area contributed by atoms with Crippen LogP contribution in [0.3, 0.4) is 0 Å². The lowest BCUT2D eigenvalue weighted by atomic mass is 10.1. The van der Waals surface area contributed by atoms with Crippen LogP contribution in [0.15, 0.2) is 29.3 Å². The van der Waals surface area contributed by atoms with Crippen molar-refractivity contribution in [1.29, 1.82) is 0 Å². The third kappa shape index (κ3) is 3.48. The van der Waals surface area contributed by atoms with E-state index >= 15 is 0 Å². The molecule has 1 atom stereocenters. The van der Waals surface area contributed by atoms with Crippen molar-refractivity contribution in [3.63, 3.8) is 0 Å². The molecule has 0 radical (unpaired) electrons. The van der Waals surface area contributed by atoms with Crippen LogP contribution in [-0.2, 0) is 10.0 Å². The molecule has 1 heterocycles. The van der Waals surface area contributed by atoms with Crippen molar-refractivity contribution in [3.05, 3.63) is 34.6 Å². The molecule has 0 bridgehead atoms. The number of halogens is 2. The molecular formula is C14H16Cl2N2O2S. The van der Waals surface area contributed by atoms with E-state index in [2.05, 4.69) is 9.71 Å². The lowest BCUT2D eigenvalue weighted by Gasteiger charge is -2.17. The molecule has 1 aromatic carbocycles. The number of hydrogen-bond donors (Lipinski definition) is 1. The second-order valence-corrected chi connectivity index (χ2v) is 7.74. The summed E-state index contributed by atoms with van der Waals surface area (Å²) in [4.78, 5) is 4.08. The van der Waals surface area contributed by atoms with E-state index in [1.807, 2.05) is 20.8 Å². The summed E-state index contributed by atoms with van der Waals surface area (Å²) < 4.78 is 27.4. The second kappa shape index (κ2) is 6.08. The number of pyridine rings is 1. The van der Waals surface area contributed by atoms with Crippen molar-refractivity contribution in [3.8, 4) is 0 Å². The van der Waals surface area contributed by atoms with Gasteiger partial charge in [-0.15, -0.1) is 0 Å². The first-order chi connectivity index (χ1) is 9.72. The van der Waals surface area contributed by atoms with E-state index in [0.29, 0.717) is 15.8 Å². The molecule has 0 amide bonds. The molecular weight excluding hydrogens is 331 g/mol. The molecule has 0 aliphatic rings. The van der Waals surface area contributed by atoms with Crippen LogP contribution in [0.25, 0.3) is 10.8 Å². The monoisotopic (exact) mass is 346 g/mol. The van der Waals surface area contributed by atoms with Crippen molar-refractivity contribution in [1.82, 2.24) is 9.71 Å². The van der Waals surface area contributed by atoms with Crippen LogP contribution < -0.4 is 4.72 Å². The highest BCUT2D eigenvalue weighted by Gasteiger charge is 2.20. The molecule has 21 heavy (non-hydrogen) atoms. The highest BCUT2D eigenvalue weighted by molar-refractivity contribution is 7.89. The van der Waals surface area contributed by atoms with Gasteiger partial charge in [-0.25, -0.2) is 18.1 Å². The Morgan fingerprint density at radius 3 is 2.43 bits per heavy atom. The fourth-order valence-corrected chi connectivity index (χ4v) is 3.61. The minimum absolute atomic E-state index is 0.147. The predicted molar refractivity (Wildman–Crippen MR) is 86.4 cm³/mol. The van der Waals surface area contributed by atoms with Gasteiger partial charge in [0.05, 0.1) is 9.92 Å². The average molecular weight is 347 g/mol. The maximum atomic E-state index is 12.4. The van der Waals surface area contributed by atoms with Gasteiger partial charge in [0.1, 0.15) is 5.15 Å². The molecule has 7 heteroatoms. The quantitative estimate of drug-likeness (QED) is 0.855. The number of benzene rings is 1. The Bertz CT molecular complexity index is 776. The molecule has 0 aliphatic carbocycles. The second-order valence-electron chi connectivity index (χ2n) is 5.26. The van der Waals surface area contributed by atoms with Gasteiger partial charge < -0.3 is 0 Å². The molecule has 0 aliphatic heterocycles. The lowest BCUT2D eigenvalue weighted by Crippen LogP contribution is -2.36. The first-order valence-corrected chi connectivity index (χ1v) is 8.72. The molecule has 0 saturated carbocycles. The summed E-state index contributed by atoms with van der Waals surface area (Å²) in [6.07, 6.45) is 1.44. The number of rotatable bonds is 4. The summed E-state index contributed by atoms with van der Waals surface area (Å²) in [5, 5.41) is 1.85. The molecule has 0 fully saturated rings. The molecule has 0 unspecified atom stereocenters. The summed E-state index contributed by atoms with van der Waals surface area (Å²) in [5.74, 6) is 0.194. The van der Waals surface area contributed by atoms with Crippen LogP contribution in [0.5, 0.6) is 0 Å². The first-order valence-electron chi connectivity index (χ1n) is 6.48. The number of nitrogens with one attached hydrogen (secondary N) is 1. The van der Waals surface area contributed by atoms with Crippen molar-refractivity contribution in [2.24, 2.45) is 5.92 Å². The molecule has 2 aromatic rings. The zero-order chi connectivity index (χ0) is 15.8. The van der Waals surface area contributed by atoms with Crippen molar-refractivity contribution >= 4 is 44.0 Å². The van der Waals surface area contributed by atoms with Crippen LogP contribution in [0.2, 0.25) is 10.2 Å². The van der Waals surface area contributed by atoms with E-state index in [4.69, 9.17) is 23.2 Å². The Hall–Kier alpha value is -0.880. The summed E-state index contributed by atoms with van der Waals surface area (Å²) >= 11 is 12.1. The van der Waals surface area contributed by atoms with Crippen LogP contribution in [0, 0.1) is 5.92 Å². The Morgan fingerprint density at radius 2 is 1.81 bits per heavy atom. The summed E-state index contributed by atoms with van der Waals surface area (Å²) in [6, 6.07) is 4.48. The van der Waals surface area contributed by atoms with Crippen molar-refractivity contribution in [2.75, 3.05) is 0 Å². The highest BCUT2D eigenvalue weighted by Crippen LogP contribution is 2.29. The van der Waals surface area contributed by atoms with E-state index in [0.717, 1.165) is 0 Å². The summed E-state index contributed by atoms with van der Waals surface area (Å²) in [5.41, 5.74) is 0. The summed E-state index contributed by atoms with van der Waals surface area (Å²) in [6.45, 7) is 5.73. The van der Waals surface area contributed by atoms with Crippen molar-refractivity contribution in [2.45, 2.75) is 31.7 Å². The Morgan fingerprint density at radius 1 is 1.14 bits per heavy atom. The minimum atomic E-state index is -3.61. The first kappa shape index (κ1) is 16.5. The van der Waals surface area contributed by atoms with Crippen LogP contribution >= 0.6 is 23.2 Å². The molecule has 4 nitrogen and oxygen atoms in total. The van der Waals surface area contributed by atoms with Gasteiger partial charge in [0.15, 0.2) is 0 Å². The smallest absolute Gasteiger partial charge is 0.240 e. The molecule has 0 saturated heterocycles. The number of hydrogen-bond acceptors (Lipinski definition) is 3. The van der Waals surface area contributed by atoms with Crippen molar-refractivity contribution < 1.29 is 8.42 Å². The van der Waals surface area contributed by atoms with Gasteiger partial charge >= 0.3 is 0 Å². The Labute approximate surface area is 134 Å². The third-order valence-electron chi connectivity index (χ3n) is 3.41. The number of fused-ring (bicyclic) bond motifs is 1. The zero-order valence-corrected chi connectivity index (χ0v) is 14.2. The van der Waals surface area contributed by atoms with Gasteiger partial charge in [-0.1, -0.05) is 43.1 Å². The number of nitrogens with zero attached hydrogens (tertiary/aromatic N) is 1. The largest absolute Gasteiger partial charge is 0.242 e. The highest BCUT2D eigenvalue weighted by atomic mass is 35.5. The molecule has 2 rings (SSSR count). The van der Waals surface area contributed by atoms with Gasteiger partial charge in [-0.05, 0) is 25.0 Å². The summed E-state index contributed by atoms with van der Waals surface area (Å²) in [7, 11) is -3.61. The van der Waals surface area contributed by atoms with Gasteiger partial charge in [0.25, 0.3) is 0 Å². The van der Waals surface area contributed by atoms with E-state index in [1.54, 1.807) is 6.07 Å². The average Bonchev–Trinajstić information content (AvgIpc) is 2.42. The van der Waals surface area contributed by atoms with Gasteiger partial charge in [0.2, 0.25) is 10.0 Å². The fraction of sp³-hybridized carbons (Fsp3) is 0.357. The molecule has 114 valence electrons. The molecule has 1 aromatic heterocycles. The topological polar surface area (TPSA) is 59.1 Å². The Balaban J connectivity index is 2.50. The predicted octanol–water partition coefficient (Wildman–Crippen LogP) is 3.86. The normalized spacial score (nSPS) is 13.8.